The van der Waals surface area contributed by atoms with Gasteiger partial charge in [0.2, 0.25) is 0 Å². The van der Waals surface area contributed by atoms with Crippen LogP contribution < -0.4 is 0 Å². The van der Waals surface area contributed by atoms with Gasteiger partial charge >= 0.3 is 0 Å². The minimum atomic E-state index is -1.21. The predicted molar refractivity (Wildman–Crippen MR) is 60.9 cm³/mol. The zero-order valence-corrected chi connectivity index (χ0v) is 10.1. The first-order chi connectivity index (χ1) is 8.54. The normalized spacial score (nSPS) is 12.7. The zero-order chi connectivity index (χ0) is 13.3. The molecule has 2 rings (SSSR count). The number of halogens is 2. The van der Waals surface area contributed by atoms with Crippen molar-refractivity contribution in [3.63, 3.8) is 0 Å². The van der Waals surface area contributed by atoms with Crippen LogP contribution in [0.1, 0.15) is 29.8 Å². The van der Waals surface area contributed by atoms with E-state index in [2.05, 4.69) is 10.3 Å². The molecule has 4 nitrogen and oxygen atoms in total. The maximum absolute atomic E-state index is 13.7. The van der Waals surface area contributed by atoms with Gasteiger partial charge in [-0.3, -0.25) is 0 Å². The fourth-order valence-electron chi connectivity index (χ4n) is 1.77. The Labute approximate surface area is 103 Å². The van der Waals surface area contributed by atoms with E-state index in [4.69, 9.17) is 0 Å². The molecule has 1 N–H and O–H groups in total. The van der Waals surface area contributed by atoms with E-state index in [1.165, 1.54) is 23.9 Å². The van der Waals surface area contributed by atoms with Crippen molar-refractivity contribution in [1.29, 1.82) is 0 Å². The van der Waals surface area contributed by atoms with Gasteiger partial charge < -0.3 is 5.11 Å². The van der Waals surface area contributed by atoms with Gasteiger partial charge in [0.05, 0.1) is 11.9 Å². The number of aliphatic hydroxyl groups is 1. The SMILES string of the molecule is CCn1nncc1C(O)c1cc(C)c(F)cc1F. The van der Waals surface area contributed by atoms with Crippen molar-refractivity contribution in [3.8, 4) is 0 Å². The molecule has 0 spiro atoms. The van der Waals surface area contributed by atoms with Gasteiger partial charge in [-0.25, -0.2) is 13.5 Å². The summed E-state index contributed by atoms with van der Waals surface area (Å²) in [6.07, 6.45) is 0.158. The van der Waals surface area contributed by atoms with Gasteiger partial charge in [-0.15, -0.1) is 5.10 Å². The van der Waals surface area contributed by atoms with Crippen LogP contribution in [0.15, 0.2) is 18.3 Å². The van der Waals surface area contributed by atoms with E-state index >= 15 is 0 Å². The third kappa shape index (κ3) is 2.11. The first kappa shape index (κ1) is 12.6. The van der Waals surface area contributed by atoms with Crippen LogP contribution >= 0.6 is 0 Å². The standard InChI is InChI=1S/C12H13F2N3O/c1-3-17-11(6-15-16-17)12(18)8-4-7(2)9(13)5-10(8)14/h4-6,12,18H,3H2,1-2H3. The quantitative estimate of drug-likeness (QED) is 0.909. The van der Waals surface area contributed by atoms with Crippen molar-refractivity contribution in [2.75, 3.05) is 0 Å². The Kier molecular flexibility index (Phi) is 3.38. The van der Waals surface area contributed by atoms with E-state index in [9.17, 15) is 13.9 Å². The molecule has 0 bridgehead atoms. The lowest BCUT2D eigenvalue weighted by Gasteiger charge is -2.13. The highest BCUT2D eigenvalue weighted by Crippen LogP contribution is 2.25. The van der Waals surface area contributed by atoms with E-state index in [0.717, 1.165) is 6.07 Å². The van der Waals surface area contributed by atoms with Gasteiger partial charge in [0.25, 0.3) is 0 Å². The summed E-state index contributed by atoms with van der Waals surface area (Å²) in [5.74, 6) is -1.42. The Balaban J connectivity index is 2.46. The Bertz CT molecular complexity index is 568. The van der Waals surface area contributed by atoms with Crippen LogP contribution in [0, 0.1) is 18.6 Å². The number of hydrogen-bond acceptors (Lipinski definition) is 3. The van der Waals surface area contributed by atoms with Gasteiger partial charge in [0.15, 0.2) is 0 Å². The van der Waals surface area contributed by atoms with Crippen LogP contribution in [0.5, 0.6) is 0 Å². The van der Waals surface area contributed by atoms with E-state index in [1.54, 1.807) is 0 Å². The number of nitrogens with zero attached hydrogens (tertiary/aromatic N) is 3. The molecule has 1 aromatic heterocycles. The second kappa shape index (κ2) is 4.81. The van der Waals surface area contributed by atoms with E-state index in [0.29, 0.717) is 12.2 Å². The molecule has 0 fully saturated rings. The lowest BCUT2D eigenvalue weighted by atomic mass is 10.0. The minimum Gasteiger partial charge on any atom is -0.382 e. The second-order valence-electron chi connectivity index (χ2n) is 4.00. The fourth-order valence-corrected chi connectivity index (χ4v) is 1.77. The van der Waals surface area contributed by atoms with Gasteiger partial charge in [-0.05, 0) is 25.5 Å². The van der Waals surface area contributed by atoms with E-state index in [1.807, 2.05) is 6.92 Å². The maximum Gasteiger partial charge on any atom is 0.132 e. The zero-order valence-electron chi connectivity index (χ0n) is 10.1. The van der Waals surface area contributed by atoms with Gasteiger partial charge in [-0.1, -0.05) is 5.21 Å². The van der Waals surface area contributed by atoms with Crippen molar-refractivity contribution in [1.82, 2.24) is 15.0 Å². The highest BCUT2D eigenvalue weighted by atomic mass is 19.1. The molecular formula is C12H13F2N3O. The van der Waals surface area contributed by atoms with Crippen LogP contribution in [0.4, 0.5) is 8.78 Å². The fraction of sp³-hybridized carbons (Fsp3) is 0.333. The number of rotatable bonds is 3. The molecule has 18 heavy (non-hydrogen) atoms. The number of aryl methyl sites for hydroxylation is 2. The van der Waals surface area contributed by atoms with E-state index < -0.39 is 17.7 Å². The second-order valence-corrected chi connectivity index (χ2v) is 4.00. The third-order valence-corrected chi connectivity index (χ3v) is 2.80. The van der Waals surface area contributed by atoms with Crippen molar-refractivity contribution in [3.05, 3.63) is 46.8 Å². The molecule has 6 heteroatoms. The Morgan fingerprint density at radius 1 is 1.33 bits per heavy atom. The number of hydrogen-bond donors (Lipinski definition) is 1. The van der Waals surface area contributed by atoms with Gasteiger partial charge in [0.1, 0.15) is 17.7 Å². The molecule has 0 saturated carbocycles. The van der Waals surface area contributed by atoms with Crippen LogP contribution in [0.25, 0.3) is 0 Å². The van der Waals surface area contributed by atoms with Crippen molar-refractivity contribution in [2.45, 2.75) is 26.5 Å². The maximum atomic E-state index is 13.7. The summed E-state index contributed by atoms with van der Waals surface area (Å²) in [5.41, 5.74) is 0.675. The van der Waals surface area contributed by atoms with Crippen LogP contribution in [-0.2, 0) is 6.54 Å². The first-order valence-electron chi connectivity index (χ1n) is 5.56. The number of benzene rings is 1. The third-order valence-electron chi connectivity index (χ3n) is 2.80. The summed E-state index contributed by atoms with van der Waals surface area (Å²) in [7, 11) is 0. The van der Waals surface area contributed by atoms with Crippen molar-refractivity contribution >= 4 is 0 Å². The monoisotopic (exact) mass is 253 g/mol. The van der Waals surface area contributed by atoms with E-state index in [-0.39, 0.29) is 11.1 Å². The molecule has 1 heterocycles. The molecule has 0 radical (unpaired) electrons. The summed E-state index contributed by atoms with van der Waals surface area (Å²) < 4.78 is 28.3. The summed E-state index contributed by atoms with van der Waals surface area (Å²) in [5, 5.41) is 17.6. The molecule has 2 aromatic rings. The molecule has 96 valence electrons. The Morgan fingerprint density at radius 2 is 2.06 bits per heavy atom. The Hall–Kier alpha value is -1.82. The largest absolute Gasteiger partial charge is 0.382 e. The molecule has 0 saturated heterocycles. The summed E-state index contributed by atoms with van der Waals surface area (Å²) in [4.78, 5) is 0. The smallest absolute Gasteiger partial charge is 0.132 e. The molecular weight excluding hydrogens is 240 g/mol. The molecule has 0 aliphatic heterocycles. The lowest BCUT2D eigenvalue weighted by Crippen LogP contribution is -2.11. The van der Waals surface area contributed by atoms with Crippen molar-refractivity contribution in [2.24, 2.45) is 0 Å². The average Bonchev–Trinajstić information content (AvgIpc) is 2.81. The highest BCUT2D eigenvalue weighted by Gasteiger charge is 2.20. The molecule has 0 aliphatic carbocycles. The van der Waals surface area contributed by atoms with Crippen LogP contribution in [-0.4, -0.2) is 20.1 Å². The average molecular weight is 253 g/mol. The highest BCUT2D eigenvalue weighted by molar-refractivity contribution is 5.31. The summed E-state index contributed by atoms with van der Waals surface area (Å²) in [6, 6.07) is 2.07. The Morgan fingerprint density at radius 3 is 2.72 bits per heavy atom. The topological polar surface area (TPSA) is 50.9 Å². The summed E-state index contributed by atoms with van der Waals surface area (Å²) in [6.45, 7) is 3.85. The lowest BCUT2D eigenvalue weighted by molar-refractivity contribution is 0.202. The first-order valence-corrected chi connectivity index (χ1v) is 5.56. The molecule has 1 aromatic carbocycles. The van der Waals surface area contributed by atoms with Gasteiger partial charge in [-0.2, -0.15) is 0 Å². The van der Waals surface area contributed by atoms with Crippen molar-refractivity contribution < 1.29 is 13.9 Å². The molecule has 0 amide bonds. The molecule has 0 aliphatic rings. The predicted octanol–water partition coefficient (Wildman–Crippen LogP) is 1.97. The number of aliphatic hydroxyl groups excluding tert-OH is 1. The minimum absolute atomic E-state index is 0.0194. The molecule has 1 unspecified atom stereocenters. The van der Waals surface area contributed by atoms with Gasteiger partial charge in [0, 0.05) is 18.2 Å². The summed E-state index contributed by atoms with van der Waals surface area (Å²) >= 11 is 0. The van der Waals surface area contributed by atoms with Crippen LogP contribution in [0.3, 0.4) is 0 Å². The number of aromatic nitrogens is 3. The van der Waals surface area contributed by atoms with Crippen LogP contribution in [0.2, 0.25) is 0 Å². The molecule has 1 atom stereocenters.